The van der Waals surface area contributed by atoms with Crippen molar-refractivity contribution in [2.45, 2.75) is 6.92 Å². The maximum atomic E-state index is 11.6. The fourth-order valence-corrected chi connectivity index (χ4v) is 1.31. The second-order valence-electron chi connectivity index (χ2n) is 3.25. The van der Waals surface area contributed by atoms with E-state index in [2.05, 4.69) is 6.58 Å². The number of allylic oxidation sites excluding steroid dienone is 1. The average Bonchev–Trinajstić information content (AvgIpc) is 2.17. The molecule has 2 nitrogen and oxygen atoms in total. The lowest BCUT2D eigenvalue weighted by Gasteiger charge is -2.00. The standard InChI is InChI=1S/C12H10O2/c1-8(2)12-7-10(13)9-5-3-4-6-11(9)14-12/h3-7H,1H2,2H3. The minimum absolute atomic E-state index is 0.0233. The normalized spacial score (nSPS) is 10.4. The van der Waals surface area contributed by atoms with Crippen LogP contribution in [0.4, 0.5) is 0 Å². The third-order valence-electron chi connectivity index (χ3n) is 2.06. The monoisotopic (exact) mass is 186 g/mol. The van der Waals surface area contributed by atoms with Gasteiger partial charge in [-0.15, -0.1) is 0 Å². The quantitative estimate of drug-likeness (QED) is 0.685. The summed E-state index contributed by atoms with van der Waals surface area (Å²) in [6.07, 6.45) is 0. The van der Waals surface area contributed by atoms with Gasteiger partial charge in [0.05, 0.1) is 5.39 Å². The van der Waals surface area contributed by atoms with Gasteiger partial charge in [-0.1, -0.05) is 18.7 Å². The zero-order valence-corrected chi connectivity index (χ0v) is 7.91. The predicted octanol–water partition coefficient (Wildman–Crippen LogP) is 2.83. The van der Waals surface area contributed by atoms with E-state index in [9.17, 15) is 4.79 Å². The van der Waals surface area contributed by atoms with E-state index in [1.807, 2.05) is 19.1 Å². The number of hydrogen-bond acceptors (Lipinski definition) is 2. The number of rotatable bonds is 1. The highest BCUT2D eigenvalue weighted by atomic mass is 16.3. The first-order chi connectivity index (χ1) is 6.68. The van der Waals surface area contributed by atoms with Crippen molar-refractivity contribution in [2.75, 3.05) is 0 Å². The molecule has 0 aliphatic heterocycles. The van der Waals surface area contributed by atoms with Gasteiger partial charge >= 0.3 is 0 Å². The molecule has 0 aliphatic rings. The second kappa shape index (κ2) is 3.14. The molecule has 1 aromatic carbocycles. The summed E-state index contributed by atoms with van der Waals surface area (Å²) >= 11 is 0. The van der Waals surface area contributed by atoms with Crippen LogP contribution >= 0.6 is 0 Å². The molecule has 0 N–H and O–H groups in total. The molecular weight excluding hydrogens is 176 g/mol. The lowest BCUT2D eigenvalue weighted by Crippen LogP contribution is -2.00. The Bertz CT molecular complexity index is 549. The molecule has 0 bridgehead atoms. The van der Waals surface area contributed by atoms with Gasteiger partial charge in [0.15, 0.2) is 5.43 Å². The lowest BCUT2D eigenvalue weighted by atomic mass is 10.2. The zero-order valence-electron chi connectivity index (χ0n) is 7.91. The fourth-order valence-electron chi connectivity index (χ4n) is 1.31. The van der Waals surface area contributed by atoms with E-state index in [4.69, 9.17) is 4.42 Å². The van der Waals surface area contributed by atoms with Gasteiger partial charge in [-0.05, 0) is 24.6 Å². The van der Waals surface area contributed by atoms with Crippen LogP contribution in [0.3, 0.4) is 0 Å². The van der Waals surface area contributed by atoms with Crippen molar-refractivity contribution in [3.63, 3.8) is 0 Å². The van der Waals surface area contributed by atoms with E-state index >= 15 is 0 Å². The Morgan fingerprint density at radius 3 is 2.79 bits per heavy atom. The molecule has 0 atom stereocenters. The summed E-state index contributed by atoms with van der Waals surface area (Å²) in [6.45, 7) is 5.55. The lowest BCUT2D eigenvalue weighted by molar-refractivity contribution is 0.586. The Morgan fingerprint density at radius 1 is 1.36 bits per heavy atom. The van der Waals surface area contributed by atoms with Gasteiger partial charge in [0.25, 0.3) is 0 Å². The molecule has 2 aromatic rings. The molecule has 0 unspecified atom stereocenters. The van der Waals surface area contributed by atoms with Crippen LogP contribution in [0.25, 0.3) is 16.5 Å². The molecule has 70 valence electrons. The van der Waals surface area contributed by atoms with Gasteiger partial charge in [-0.2, -0.15) is 0 Å². The molecule has 0 saturated heterocycles. The maximum Gasteiger partial charge on any atom is 0.193 e. The third-order valence-corrected chi connectivity index (χ3v) is 2.06. The smallest absolute Gasteiger partial charge is 0.193 e. The van der Waals surface area contributed by atoms with Crippen molar-refractivity contribution < 1.29 is 4.42 Å². The van der Waals surface area contributed by atoms with Gasteiger partial charge < -0.3 is 4.42 Å². The highest BCUT2D eigenvalue weighted by molar-refractivity contribution is 5.77. The number of fused-ring (bicyclic) bond motifs is 1. The third kappa shape index (κ3) is 1.35. The van der Waals surface area contributed by atoms with E-state index in [-0.39, 0.29) is 5.43 Å². The van der Waals surface area contributed by atoms with Crippen molar-refractivity contribution in [3.05, 3.63) is 52.9 Å². The first kappa shape index (κ1) is 8.75. The number of hydrogen-bond donors (Lipinski definition) is 0. The molecule has 0 amide bonds. The van der Waals surface area contributed by atoms with Gasteiger partial charge in [0.2, 0.25) is 0 Å². The average molecular weight is 186 g/mol. The number of para-hydroxylation sites is 1. The minimum atomic E-state index is -0.0233. The minimum Gasteiger partial charge on any atom is -0.456 e. The van der Waals surface area contributed by atoms with Crippen LogP contribution in [0.1, 0.15) is 12.7 Å². The first-order valence-electron chi connectivity index (χ1n) is 4.37. The number of benzene rings is 1. The summed E-state index contributed by atoms with van der Waals surface area (Å²) in [5.74, 6) is 0.550. The van der Waals surface area contributed by atoms with Gasteiger partial charge in [0, 0.05) is 6.07 Å². The van der Waals surface area contributed by atoms with Crippen LogP contribution < -0.4 is 5.43 Å². The topological polar surface area (TPSA) is 30.2 Å². The molecule has 14 heavy (non-hydrogen) atoms. The summed E-state index contributed by atoms with van der Waals surface area (Å²) in [5.41, 5.74) is 1.34. The summed E-state index contributed by atoms with van der Waals surface area (Å²) in [7, 11) is 0. The van der Waals surface area contributed by atoms with Crippen LogP contribution in [0.15, 0.2) is 46.1 Å². The van der Waals surface area contributed by atoms with Crippen molar-refractivity contribution >= 4 is 16.5 Å². The summed E-state index contributed by atoms with van der Waals surface area (Å²) in [6, 6.07) is 8.67. The summed E-state index contributed by atoms with van der Waals surface area (Å²) in [5, 5.41) is 0.609. The molecule has 0 radical (unpaired) electrons. The van der Waals surface area contributed by atoms with E-state index in [0.29, 0.717) is 16.7 Å². The van der Waals surface area contributed by atoms with Gasteiger partial charge in [0.1, 0.15) is 11.3 Å². The molecule has 1 heterocycles. The van der Waals surface area contributed by atoms with E-state index < -0.39 is 0 Å². The molecule has 0 saturated carbocycles. The first-order valence-corrected chi connectivity index (χ1v) is 4.37. The van der Waals surface area contributed by atoms with E-state index in [1.54, 1.807) is 12.1 Å². The highest BCUT2D eigenvalue weighted by Gasteiger charge is 2.03. The maximum absolute atomic E-state index is 11.6. The van der Waals surface area contributed by atoms with E-state index in [1.165, 1.54) is 6.07 Å². The zero-order chi connectivity index (χ0) is 10.1. The van der Waals surface area contributed by atoms with Gasteiger partial charge in [-0.3, -0.25) is 4.79 Å². The SMILES string of the molecule is C=C(C)c1cc(=O)c2ccccc2o1. The van der Waals surface area contributed by atoms with Crippen molar-refractivity contribution in [1.82, 2.24) is 0 Å². The van der Waals surface area contributed by atoms with Crippen LogP contribution in [0.2, 0.25) is 0 Å². The Morgan fingerprint density at radius 2 is 2.07 bits per heavy atom. The second-order valence-corrected chi connectivity index (χ2v) is 3.25. The Balaban J connectivity index is 2.86. The fraction of sp³-hybridized carbons (Fsp3) is 0.0833. The van der Waals surface area contributed by atoms with Gasteiger partial charge in [-0.25, -0.2) is 0 Å². The molecule has 0 aliphatic carbocycles. The Kier molecular flexibility index (Phi) is 1.97. The largest absolute Gasteiger partial charge is 0.456 e. The van der Waals surface area contributed by atoms with Crippen molar-refractivity contribution in [2.24, 2.45) is 0 Å². The Labute approximate surface area is 81.5 Å². The molecule has 0 fully saturated rings. The summed E-state index contributed by atoms with van der Waals surface area (Å²) < 4.78 is 5.50. The van der Waals surface area contributed by atoms with Crippen LogP contribution in [-0.2, 0) is 0 Å². The van der Waals surface area contributed by atoms with Crippen LogP contribution in [0.5, 0.6) is 0 Å². The summed E-state index contributed by atoms with van der Waals surface area (Å²) in [4.78, 5) is 11.6. The molecule has 0 spiro atoms. The van der Waals surface area contributed by atoms with Crippen LogP contribution in [0, 0.1) is 0 Å². The Hall–Kier alpha value is -1.83. The highest BCUT2D eigenvalue weighted by Crippen LogP contribution is 2.16. The van der Waals surface area contributed by atoms with Crippen molar-refractivity contribution in [3.8, 4) is 0 Å². The molecular formula is C12H10O2. The predicted molar refractivity (Wildman–Crippen MR) is 57.2 cm³/mol. The molecule has 2 rings (SSSR count). The van der Waals surface area contributed by atoms with Crippen molar-refractivity contribution in [1.29, 1.82) is 0 Å². The molecule has 1 aromatic heterocycles. The van der Waals surface area contributed by atoms with E-state index in [0.717, 1.165) is 5.57 Å². The molecule has 2 heteroatoms. The van der Waals surface area contributed by atoms with Crippen LogP contribution in [-0.4, -0.2) is 0 Å².